The lowest BCUT2D eigenvalue weighted by Crippen LogP contribution is -2.08. The molecule has 1 atom stereocenters. The maximum atomic E-state index is 5.79. The van der Waals surface area contributed by atoms with Crippen molar-refractivity contribution in [3.63, 3.8) is 0 Å². The van der Waals surface area contributed by atoms with Gasteiger partial charge >= 0.3 is 0 Å². The molecule has 0 saturated carbocycles. The number of fused-ring (bicyclic) bond motifs is 1. The third-order valence-corrected chi connectivity index (χ3v) is 2.12. The first-order valence-electron chi connectivity index (χ1n) is 3.91. The summed E-state index contributed by atoms with van der Waals surface area (Å²) in [6.45, 7) is 2.17. The minimum Gasteiger partial charge on any atom is -0.398 e. The summed E-state index contributed by atoms with van der Waals surface area (Å²) in [7, 11) is 0. The predicted molar refractivity (Wildman–Crippen MR) is 47.6 cm³/mol. The maximum Gasteiger partial charge on any atom is 0.0396 e. The molecule has 0 aliphatic carbocycles. The molecule has 11 heavy (non-hydrogen) atoms. The fourth-order valence-electron chi connectivity index (χ4n) is 1.59. The highest BCUT2D eigenvalue weighted by Crippen LogP contribution is 2.29. The van der Waals surface area contributed by atoms with Gasteiger partial charge in [-0.05, 0) is 25.5 Å². The smallest absolute Gasteiger partial charge is 0.0396 e. The second kappa shape index (κ2) is 2.16. The van der Waals surface area contributed by atoms with Gasteiger partial charge in [-0.25, -0.2) is 0 Å². The summed E-state index contributed by atoms with van der Waals surface area (Å²) in [5.74, 6) is 0. The van der Waals surface area contributed by atoms with Crippen molar-refractivity contribution in [3.05, 3.63) is 23.8 Å². The van der Waals surface area contributed by atoms with Crippen LogP contribution in [-0.4, -0.2) is 6.04 Å². The van der Waals surface area contributed by atoms with Crippen molar-refractivity contribution in [3.8, 4) is 0 Å². The van der Waals surface area contributed by atoms with E-state index in [1.165, 1.54) is 11.3 Å². The average Bonchev–Trinajstić information content (AvgIpc) is 2.31. The molecule has 0 fully saturated rings. The van der Waals surface area contributed by atoms with Crippen molar-refractivity contribution >= 4 is 11.4 Å². The quantitative estimate of drug-likeness (QED) is 0.549. The minimum absolute atomic E-state index is 0.537. The van der Waals surface area contributed by atoms with Gasteiger partial charge in [0.15, 0.2) is 0 Å². The Balaban J connectivity index is 2.49. The van der Waals surface area contributed by atoms with Crippen molar-refractivity contribution < 1.29 is 0 Å². The highest BCUT2D eigenvalue weighted by atomic mass is 14.9. The SMILES string of the molecule is C[C@H]1Cc2c(N)cccc2N1. The highest BCUT2D eigenvalue weighted by molar-refractivity contribution is 5.67. The van der Waals surface area contributed by atoms with Crippen molar-refractivity contribution in [1.29, 1.82) is 0 Å². The van der Waals surface area contributed by atoms with E-state index in [1.54, 1.807) is 0 Å². The van der Waals surface area contributed by atoms with Gasteiger partial charge in [0.2, 0.25) is 0 Å². The monoisotopic (exact) mass is 148 g/mol. The maximum absolute atomic E-state index is 5.79. The number of hydrogen-bond acceptors (Lipinski definition) is 2. The van der Waals surface area contributed by atoms with Crippen LogP contribution in [0.15, 0.2) is 18.2 Å². The lowest BCUT2D eigenvalue weighted by atomic mass is 10.1. The van der Waals surface area contributed by atoms with Crippen molar-refractivity contribution in [2.45, 2.75) is 19.4 Å². The zero-order valence-electron chi connectivity index (χ0n) is 6.59. The molecule has 58 valence electrons. The average molecular weight is 148 g/mol. The van der Waals surface area contributed by atoms with Gasteiger partial charge in [-0.2, -0.15) is 0 Å². The predicted octanol–water partition coefficient (Wildman–Crippen LogP) is 1.63. The molecule has 1 aliphatic heterocycles. The van der Waals surface area contributed by atoms with Crippen LogP contribution in [0.4, 0.5) is 11.4 Å². The number of benzene rings is 1. The number of nitrogen functional groups attached to an aromatic ring is 1. The molecular weight excluding hydrogens is 136 g/mol. The Morgan fingerprint density at radius 3 is 3.09 bits per heavy atom. The first-order valence-corrected chi connectivity index (χ1v) is 3.91. The third-order valence-electron chi connectivity index (χ3n) is 2.12. The van der Waals surface area contributed by atoms with E-state index in [9.17, 15) is 0 Å². The van der Waals surface area contributed by atoms with Crippen LogP contribution in [0.2, 0.25) is 0 Å². The van der Waals surface area contributed by atoms with E-state index in [1.807, 2.05) is 12.1 Å². The fraction of sp³-hybridized carbons (Fsp3) is 0.333. The first kappa shape index (κ1) is 6.53. The molecule has 2 nitrogen and oxygen atoms in total. The number of nitrogens with two attached hydrogens (primary N) is 1. The number of hydrogen-bond donors (Lipinski definition) is 2. The normalized spacial score (nSPS) is 21.0. The summed E-state index contributed by atoms with van der Waals surface area (Å²) >= 11 is 0. The second-order valence-electron chi connectivity index (χ2n) is 3.12. The van der Waals surface area contributed by atoms with Crippen LogP contribution < -0.4 is 11.1 Å². The Bertz CT molecular complexity index is 281. The Labute approximate surface area is 66.4 Å². The molecule has 0 radical (unpaired) electrons. The summed E-state index contributed by atoms with van der Waals surface area (Å²) in [6.07, 6.45) is 1.06. The lowest BCUT2D eigenvalue weighted by molar-refractivity contribution is 0.840. The molecule has 0 amide bonds. The minimum atomic E-state index is 0.537. The van der Waals surface area contributed by atoms with Gasteiger partial charge in [0.05, 0.1) is 0 Å². The van der Waals surface area contributed by atoms with Gasteiger partial charge in [0.25, 0.3) is 0 Å². The van der Waals surface area contributed by atoms with Crippen LogP contribution in [-0.2, 0) is 6.42 Å². The third kappa shape index (κ3) is 0.946. The summed E-state index contributed by atoms with van der Waals surface area (Å²) < 4.78 is 0. The molecule has 3 N–H and O–H groups in total. The van der Waals surface area contributed by atoms with E-state index in [0.717, 1.165) is 12.1 Å². The Morgan fingerprint density at radius 1 is 1.55 bits per heavy atom. The molecule has 1 heterocycles. The van der Waals surface area contributed by atoms with Crippen molar-refractivity contribution in [2.75, 3.05) is 11.1 Å². The Morgan fingerprint density at radius 2 is 2.36 bits per heavy atom. The summed E-state index contributed by atoms with van der Waals surface area (Å²) in [4.78, 5) is 0. The molecular formula is C9H12N2. The Kier molecular flexibility index (Phi) is 1.28. The molecule has 0 aromatic heterocycles. The van der Waals surface area contributed by atoms with Crippen LogP contribution in [0.25, 0.3) is 0 Å². The molecule has 0 spiro atoms. The summed E-state index contributed by atoms with van der Waals surface area (Å²) in [6, 6.07) is 6.56. The molecule has 1 aliphatic rings. The molecule has 0 unspecified atom stereocenters. The van der Waals surface area contributed by atoms with Gasteiger partial charge < -0.3 is 11.1 Å². The van der Waals surface area contributed by atoms with Crippen LogP contribution in [0.5, 0.6) is 0 Å². The summed E-state index contributed by atoms with van der Waals surface area (Å²) in [5.41, 5.74) is 9.19. The van der Waals surface area contributed by atoms with E-state index in [-0.39, 0.29) is 0 Å². The van der Waals surface area contributed by atoms with Crippen molar-refractivity contribution in [2.24, 2.45) is 0 Å². The standard InChI is InChI=1S/C9H12N2/c1-6-5-7-8(10)3-2-4-9(7)11-6/h2-4,6,11H,5,10H2,1H3/t6-/m0/s1. The van der Waals surface area contributed by atoms with E-state index in [0.29, 0.717) is 6.04 Å². The first-order chi connectivity index (χ1) is 5.27. The zero-order valence-corrected chi connectivity index (χ0v) is 6.59. The largest absolute Gasteiger partial charge is 0.398 e. The Hall–Kier alpha value is -1.18. The van der Waals surface area contributed by atoms with E-state index < -0.39 is 0 Å². The molecule has 2 heteroatoms. The summed E-state index contributed by atoms with van der Waals surface area (Å²) in [5, 5.41) is 3.36. The molecule has 0 bridgehead atoms. The van der Waals surface area contributed by atoms with E-state index in [2.05, 4.69) is 18.3 Å². The fourth-order valence-corrected chi connectivity index (χ4v) is 1.59. The zero-order chi connectivity index (χ0) is 7.84. The van der Waals surface area contributed by atoms with Gasteiger partial charge in [-0.1, -0.05) is 6.07 Å². The van der Waals surface area contributed by atoms with E-state index >= 15 is 0 Å². The molecule has 2 rings (SSSR count). The lowest BCUT2D eigenvalue weighted by Gasteiger charge is -2.01. The molecule has 1 aromatic rings. The van der Waals surface area contributed by atoms with Crippen LogP contribution >= 0.6 is 0 Å². The van der Waals surface area contributed by atoms with Gasteiger partial charge in [-0.3, -0.25) is 0 Å². The second-order valence-corrected chi connectivity index (χ2v) is 3.12. The number of nitrogens with one attached hydrogen (secondary N) is 1. The van der Waals surface area contributed by atoms with Gasteiger partial charge in [-0.15, -0.1) is 0 Å². The number of rotatable bonds is 0. The van der Waals surface area contributed by atoms with Crippen molar-refractivity contribution in [1.82, 2.24) is 0 Å². The highest BCUT2D eigenvalue weighted by Gasteiger charge is 2.17. The van der Waals surface area contributed by atoms with Crippen LogP contribution in [0, 0.1) is 0 Å². The van der Waals surface area contributed by atoms with Gasteiger partial charge in [0.1, 0.15) is 0 Å². The van der Waals surface area contributed by atoms with Crippen LogP contribution in [0.3, 0.4) is 0 Å². The molecule has 0 saturated heterocycles. The molecule has 1 aromatic carbocycles. The topological polar surface area (TPSA) is 38.0 Å². The van der Waals surface area contributed by atoms with Gasteiger partial charge in [0, 0.05) is 23.0 Å². The number of anilines is 2. The van der Waals surface area contributed by atoms with Crippen LogP contribution in [0.1, 0.15) is 12.5 Å². The van der Waals surface area contributed by atoms with E-state index in [4.69, 9.17) is 5.73 Å².